The molecule has 1 aromatic carbocycles. The predicted molar refractivity (Wildman–Crippen MR) is 82.0 cm³/mol. The summed E-state index contributed by atoms with van der Waals surface area (Å²) >= 11 is 2.07. The Kier molecular flexibility index (Phi) is 4.04. The van der Waals surface area contributed by atoms with E-state index < -0.39 is 0 Å². The summed E-state index contributed by atoms with van der Waals surface area (Å²) in [6.07, 6.45) is 3.76. The van der Waals surface area contributed by atoms with E-state index in [2.05, 4.69) is 42.2 Å². The van der Waals surface area contributed by atoms with Gasteiger partial charge in [-0.3, -0.25) is 0 Å². The number of rotatable bonds is 3. The first-order valence-corrected chi connectivity index (χ1v) is 8.44. The number of hydrogen-bond donors (Lipinski definition) is 1. The number of hydrogen-bond acceptors (Lipinski definition) is 3. The molecule has 1 saturated heterocycles. The van der Waals surface area contributed by atoms with Crippen LogP contribution in [0.5, 0.6) is 5.75 Å². The highest BCUT2D eigenvalue weighted by molar-refractivity contribution is 7.99. The monoisotopic (exact) mass is 277 g/mol. The highest BCUT2D eigenvalue weighted by Crippen LogP contribution is 2.34. The maximum atomic E-state index is 6.08. The Bertz CT molecular complexity index is 440. The fourth-order valence-corrected chi connectivity index (χ4v) is 4.12. The van der Waals surface area contributed by atoms with Crippen molar-refractivity contribution in [3.63, 3.8) is 0 Å². The normalized spacial score (nSPS) is 26.8. The molecule has 0 spiro atoms. The van der Waals surface area contributed by atoms with E-state index in [1.54, 1.807) is 0 Å². The van der Waals surface area contributed by atoms with Gasteiger partial charge in [-0.25, -0.2) is 0 Å². The number of fused-ring (bicyclic) bond motifs is 1. The Balaban J connectivity index is 1.63. The van der Waals surface area contributed by atoms with Crippen LogP contribution in [0, 0.1) is 5.41 Å². The maximum absolute atomic E-state index is 6.08. The lowest BCUT2D eigenvalue weighted by Crippen LogP contribution is -2.31. The summed E-state index contributed by atoms with van der Waals surface area (Å²) < 4.78 is 6.08. The molecule has 1 unspecified atom stereocenters. The fourth-order valence-electron chi connectivity index (χ4n) is 2.91. The zero-order valence-electron chi connectivity index (χ0n) is 11.7. The Labute approximate surface area is 120 Å². The Morgan fingerprint density at radius 2 is 2.32 bits per heavy atom. The van der Waals surface area contributed by atoms with Crippen LogP contribution in [0.15, 0.2) is 18.2 Å². The van der Waals surface area contributed by atoms with E-state index in [4.69, 9.17) is 4.74 Å². The first kappa shape index (κ1) is 13.3. The van der Waals surface area contributed by atoms with E-state index in [-0.39, 0.29) is 0 Å². The third-order valence-corrected chi connectivity index (χ3v) is 5.65. The van der Waals surface area contributed by atoms with E-state index in [1.807, 2.05) is 0 Å². The van der Waals surface area contributed by atoms with Gasteiger partial charge >= 0.3 is 0 Å². The molecular formula is C16H23NOS. The van der Waals surface area contributed by atoms with E-state index >= 15 is 0 Å². The van der Waals surface area contributed by atoms with Crippen molar-refractivity contribution in [2.75, 3.05) is 24.7 Å². The molecule has 2 nitrogen and oxygen atoms in total. The quantitative estimate of drug-likeness (QED) is 0.916. The first-order chi connectivity index (χ1) is 9.25. The summed E-state index contributed by atoms with van der Waals surface area (Å²) in [5.41, 5.74) is 3.25. The van der Waals surface area contributed by atoms with Gasteiger partial charge in [-0.2, -0.15) is 11.8 Å². The van der Waals surface area contributed by atoms with E-state index in [0.717, 1.165) is 31.9 Å². The molecule has 2 heterocycles. The molecule has 1 aromatic rings. The van der Waals surface area contributed by atoms with Gasteiger partial charge in [0.05, 0.1) is 6.61 Å². The van der Waals surface area contributed by atoms with Crippen LogP contribution in [0.4, 0.5) is 0 Å². The van der Waals surface area contributed by atoms with Gasteiger partial charge < -0.3 is 10.1 Å². The Hall–Kier alpha value is -0.670. The molecule has 0 aliphatic carbocycles. The van der Waals surface area contributed by atoms with E-state index in [9.17, 15) is 0 Å². The minimum atomic E-state index is 0.361. The molecule has 0 bridgehead atoms. The van der Waals surface area contributed by atoms with Crippen LogP contribution in [0.25, 0.3) is 0 Å². The molecule has 3 rings (SSSR count). The predicted octanol–water partition coefficient (Wildman–Crippen LogP) is 3.24. The third-order valence-electron chi connectivity index (χ3n) is 4.17. The Morgan fingerprint density at radius 1 is 1.37 bits per heavy atom. The van der Waals surface area contributed by atoms with Gasteiger partial charge in [0.2, 0.25) is 0 Å². The number of nitrogens with one attached hydrogen (secondary N) is 1. The minimum absolute atomic E-state index is 0.361. The molecule has 0 radical (unpaired) electrons. The molecule has 0 saturated carbocycles. The average Bonchev–Trinajstić information content (AvgIpc) is 2.46. The van der Waals surface area contributed by atoms with E-state index in [0.29, 0.717) is 5.41 Å². The van der Waals surface area contributed by atoms with Crippen molar-refractivity contribution >= 4 is 11.8 Å². The van der Waals surface area contributed by atoms with E-state index in [1.165, 1.54) is 35.5 Å². The van der Waals surface area contributed by atoms with Crippen molar-refractivity contribution < 1.29 is 4.74 Å². The van der Waals surface area contributed by atoms with Crippen molar-refractivity contribution in [1.29, 1.82) is 0 Å². The lowest BCUT2D eigenvalue weighted by atomic mass is 9.88. The summed E-state index contributed by atoms with van der Waals surface area (Å²) in [5, 5.41) is 3.41. The Morgan fingerprint density at radius 3 is 3.16 bits per heavy atom. The maximum Gasteiger partial charge on any atom is 0.119 e. The second-order valence-electron chi connectivity index (χ2n) is 6.11. The molecule has 3 heteroatoms. The second-order valence-corrected chi connectivity index (χ2v) is 7.22. The largest absolute Gasteiger partial charge is 0.493 e. The molecule has 0 amide bonds. The molecule has 19 heavy (non-hydrogen) atoms. The van der Waals surface area contributed by atoms with Gasteiger partial charge in [-0.1, -0.05) is 13.0 Å². The van der Waals surface area contributed by atoms with Crippen molar-refractivity contribution in [3.05, 3.63) is 29.3 Å². The number of thioether (sulfide) groups is 1. The zero-order valence-corrected chi connectivity index (χ0v) is 12.5. The smallest absolute Gasteiger partial charge is 0.119 e. The fraction of sp³-hybridized carbons (Fsp3) is 0.625. The van der Waals surface area contributed by atoms with Crippen LogP contribution >= 0.6 is 11.8 Å². The summed E-state index contributed by atoms with van der Waals surface area (Å²) in [6.45, 7) is 5.31. The number of ether oxygens (including phenoxy) is 1. The summed E-state index contributed by atoms with van der Waals surface area (Å²) in [7, 11) is 0. The minimum Gasteiger partial charge on any atom is -0.493 e. The summed E-state index contributed by atoms with van der Waals surface area (Å²) in [5.74, 6) is 3.61. The van der Waals surface area contributed by atoms with Crippen molar-refractivity contribution in [1.82, 2.24) is 5.32 Å². The third kappa shape index (κ3) is 3.26. The van der Waals surface area contributed by atoms with Crippen molar-refractivity contribution in [2.45, 2.75) is 32.7 Å². The van der Waals surface area contributed by atoms with Crippen LogP contribution in [-0.2, 0) is 13.0 Å². The van der Waals surface area contributed by atoms with Crippen LogP contribution in [0.3, 0.4) is 0 Å². The van der Waals surface area contributed by atoms with Gasteiger partial charge in [0.1, 0.15) is 5.75 Å². The van der Waals surface area contributed by atoms with Gasteiger partial charge in [0, 0.05) is 17.7 Å². The lowest BCUT2D eigenvalue weighted by Gasteiger charge is -2.32. The highest BCUT2D eigenvalue weighted by atomic mass is 32.2. The molecule has 1 N–H and O–H groups in total. The van der Waals surface area contributed by atoms with Crippen LogP contribution in [0.2, 0.25) is 0 Å². The molecule has 104 valence electrons. The summed E-state index contributed by atoms with van der Waals surface area (Å²) in [6, 6.07) is 6.59. The molecule has 1 atom stereocenters. The topological polar surface area (TPSA) is 21.3 Å². The second kappa shape index (κ2) is 5.76. The SMILES string of the molecule is CC1(COc2ccc3c(c2)CCNC3)CCCSC1. The van der Waals surface area contributed by atoms with Crippen molar-refractivity contribution in [3.8, 4) is 5.75 Å². The van der Waals surface area contributed by atoms with Crippen LogP contribution < -0.4 is 10.1 Å². The molecular weight excluding hydrogens is 254 g/mol. The first-order valence-electron chi connectivity index (χ1n) is 7.28. The molecule has 2 aliphatic rings. The number of benzene rings is 1. The lowest BCUT2D eigenvalue weighted by molar-refractivity contribution is 0.170. The average molecular weight is 277 g/mol. The highest BCUT2D eigenvalue weighted by Gasteiger charge is 2.28. The van der Waals surface area contributed by atoms with Gasteiger partial charge in [0.25, 0.3) is 0 Å². The standard InChI is InChI=1S/C16H23NOS/c1-16(6-2-8-19-12-16)11-18-15-4-3-14-10-17-7-5-13(14)9-15/h3-4,9,17H,2,5-8,10-12H2,1H3. The van der Waals surface area contributed by atoms with Gasteiger partial charge in [0.15, 0.2) is 0 Å². The molecule has 0 aromatic heterocycles. The van der Waals surface area contributed by atoms with Crippen molar-refractivity contribution in [2.24, 2.45) is 5.41 Å². The molecule has 2 aliphatic heterocycles. The van der Waals surface area contributed by atoms with Gasteiger partial charge in [-0.05, 0) is 54.8 Å². The summed E-state index contributed by atoms with van der Waals surface area (Å²) in [4.78, 5) is 0. The zero-order chi connectivity index (χ0) is 13.1. The van der Waals surface area contributed by atoms with Crippen LogP contribution in [0.1, 0.15) is 30.9 Å². The van der Waals surface area contributed by atoms with Gasteiger partial charge in [-0.15, -0.1) is 0 Å². The molecule has 1 fully saturated rings. The van der Waals surface area contributed by atoms with Crippen LogP contribution in [-0.4, -0.2) is 24.7 Å².